The van der Waals surface area contributed by atoms with Crippen molar-refractivity contribution in [1.82, 2.24) is 9.97 Å². The van der Waals surface area contributed by atoms with Gasteiger partial charge in [-0.1, -0.05) is 41.0 Å². The number of thioether (sulfide) groups is 1. The number of halogens is 3. The molecule has 0 atom stereocenters. The number of benzene rings is 2. The van der Waals surface area contributed by atoms with Crippen LogP contribution in [0, 0.1) is 5.82 Å². The quantitative estimate of drug-likeness (QED) is 0.459. The van der Waals surface area contributed by atoms with E-state index in [1.165, 1.54) is 23.9 Å². The molecule has 0 aliphatic carbocycles. The summed E-state index contributed by atoms with van der Waals surface area (Å²) in [4.78, 5) is 20.7. The third-order valence-electron chi connectivity index (χ3n) is 3.33. The van der Waals surface area contributed by atoms with Crippen LogP contribution >= 0.6 is 35.0 Å². The van der Waals surface area contributed by atoms with E-state index in [0.717, 1.165) is 5.56 Å². The maximum absolute atomic E-state index is 13.0. The number of nitrogens with zero attached hydrogens (tertiary/aromatic N) is 2. The van der Waals surface area contributed by atoms with Crippen LogP contribution in [0.15, 0.2) is 59.9 Å². The summed E-state index contributed by atoms with van der Waals surface area (Å²) in [5, 5.41) is 3.85. The number of carbonyl (C=O) groups is 1. The van der Waals surface area contributed by atoms with Crippen LogP contribution in [0.5, 0.6) is 0 Å². The van der Waals surface area contributed by atoms with Gasteiger partial charge in [0.2, 0.25) is 5.91 Å². The van der Waals surface area contributed by atoms with Crippen molar-refractivity contribution < 1.29 is 9.18 Å². The number of carbonyl (C=O) groups excluding carboxylic acids is 1. The Morgan fingerprint density at radius 3 is 2.46 bits per heavy atom. The molecule has 1 aromatic heterocycles. The average Bonchev–Trinajstić information content (AvgIpc) is 2.64. The Kier molecular flexibility index (Phi) is 6.08. The molecule has 26 heavy (non-hydrogen) atoms. The van der Waals surface area contributed by atoms with Gasteiger partial charge in [-0.3, -0.25) is 4.79 Å². The maximum Gasteiger partial charge on any atom is 0.234 e. The number of aromatic nitrogens is 2. The standard InChI is InChI=1S/C18H12Cl2FN3OS/c19-13-2-1-3-14(20)17(13)24-16(25)10-26-18-22-9-8-15(23-18)11-4-6-12(21)7-5-11/h1-9H,10H2,(H,24,25). The molecular formula is C18H12Cl2FN3OS. The summed E-state index contributed by atoms with van der Waals surface area (Å²) in [7, 11) is 0. The van der Waals surface area contributed by atoms with Gasteiger partial charge in [0.15, 0.2) is 5.16 Å². The monoisotopic (exact) mass is 407 g/mol. The smallest absolute Gasteiger partial charge is 0.234 e. The molecule has 0 aliphatic rings. The highest BCUT2D eigenvalue weighted by molar-refractivity contribution is 7.99. The molecule has 132 valence electrons. The lowest BCUT2D eigenvalue weighted by Crippen LogP contribution is -2.15. The van der Waals surface area contributed by atoms with Crippen molar-refractivity contribution in [2.24, 2.45) is 0 Å². The van der Waals surface area contributed by atoms with E-state index in [9.17, 15) is 9.18 Å². The van der Waals surface area contributed by atoms with Crippen LogP contribution in [-0.2, 0) is 4.79 Å². The van der Waals surface area contributed by atoms with E-state index in [2.05, 4.69) is 15.3 Å². The van der Waals surface area contributed by atoms with E-state index in [0.29, 0.717) is 26.6 Å². The molecule has 8 heteroatoms. The summed E-state index contributed by atoms with van der Waals surface area (Å²) < 4.78 is 13.0. The predicted octanol–water partition coefficient (Wildman–Crippen LogP) is 5.32. The minimum absolute atomic E-state index is 0.0917. The summed E-state index contributed by atoms with van der Waals surface area (Å²) >= 11 is 13.2. The van der Waals surface area contributed by atoms with Crippen molar-refractivity contribution in [2.45, 2.75) is 5.16 Å². The molecule has 0 saturated heterocycles. The summed E-state index contributed by atoms with van der Waals surface area (Å²) in [6, 6.07) is 12.7. The molecule has 0 aliphatic heterocycles. The summed E-state index contributed by atoms with van der Waals surface area (Å²) in [5.41, 5.74) is 1.79. The van der Waals surface area contributed by atoms with Crippen LogP contribution in [0.4, 0.5) is 10.1 Å². The van der Waals surface area contributed by atoms with E-state index in [1.54, 1.807) is 42.6 Å². The second-order valence-electron chi connectivity index (χ2n) is 5.16. The summed E-state index contributed by atoms with van der Waals surface area (Å²) in [5.74, 6) is -0.498. The fraction of sp³-hybridized carbons (Fsp3) is 0.0556. The zero-order chi connectivity index (χ0) is 18.5. The van der Waals surface area contributed by atoms with Crippen LogP contribution in [-0.4, -0.2) is 21.6 Å². The highest BCUT2D eigenvalue weighted by atomic mass is 35.5. The molecule has 4 nitrogen and oxygen atoms in total. The molecule has 0 radical (unpaired) electrons. The Morgan fingerprint density at radius 1 is 1.08 bits per heavy atom. The summed E-state index contributed by atoms with van der Waals surface area (Å²) in [6.07, 6.45) is 1.59. The van der Waals surface area contributed by atoms with Crippen molar-refractivity contribution >= 4 is 46.6 Å². The van der Waals surface area contributed by atoms with Gasteiger partial charge in [-0.25, -0.2) is 14.4 Å². The molecule has 1 N–H and O–H groups in total. The fourth-order valence-corrected chi connectivity index (χ4v) is 3.24. The molecule has 0 unspecified atom stereocenters. The van der Waals surface area contributed by atoms with Crippen LogP contribution in [0.25, 0.3) is 11.3 Å². The lowest BCUT2D eigenvalue weighted by molar-refractivity contribution is -0.113. The number of hydrogen-bond donors (Lipinski definition) is 1. The second kappa shape index (κ2) is 8.49. The van der Waals surface area contributed by atoms with Crippen molar-refractivity contribution in [3.8, 4) is 11.3 Å². The van der Waals surface area contributed by atoms with Crippen molar-refractivity contribution in [1.29, 1.82) is 0 Å². The van der Waals surface area contributed by atoms with Gasteiger partial charge < -0.3 is 5.32 Å². The van der Waals surface area contributed by atoms with Crippen molar-refractivity contribution in [3.63, 3.8) is 0 Å². The molecular weight excluding hydrogens is 396 g/mol. The third-order valence-corrected chi connectivity index (χ3v) is 4.82. The molecule has 3 rings (SSSR count). The van der Waals surface area contributed by atoms with E-state index in [-0.39, 0.29) is 17.5 Å². The molecule has 2 aromatic carbocycles. The number of rotatable bonds is 5. The van der Waals surface area contributed by atoms with Crippen molar-refractivity contribution in [3.05, 3.63) is 70.6 Å². The average molecular weight is 408 g/mol. The number of hydrogen-bond acceptors (Lipinski definition) is 4. The Bertz CT molecular complexity index is 918. The number of amides is 1. The highest BCUT2D eigenvalue weighted by Gasteiger charge is 2.11. The zero-order valence-electron chi connectivity index (χ0n) is 13.2. The third kappa shape index (κ3) is 4.72. The molecule has 1 heterocycles. The Morgan fingerprint density at radius 2 is 1.77 bits per heavy atom. The molecule has 0 saturated carbocycles. The molecule has 3 aromatic rings. The van der Waals surface area contributed by atoms with Gasteiger partial charge in [-0.05, 0) is 42.5 Å². The Hall–Kier alpha value is -2.15. The van der Waals surface area contributed by atoms with E-state index >= 15 is 0 Å². The highest BCUT2D eigenvalue weighted by Crippen LogP contribution is 2.30. The van der Waals surface area contributed by atoms with Gasteiger partial charge in [0.1, 0.15) is 5.82 Å². The minimum atomic E-state index is -0.313. The first-order valence-corrected chi connectivity index (χ1v) is 9.23. The second-order valence-corrected chi connectivity index (χ2v) is 6.92. The Balaban J connectivity index is 1.65. The topological polar surface area (TPSA) is 54.9 Å². The molecule has 0 spiro atoms. The number of anilines is 1. The van der Waals surface area contributed by atoms with Gasteiger partial charge in [0, 0.05) is 11.8 Å². The van der Waals surface area contributed by atoms with Gasteiger partial charge in [-0.15, -0.1) is 0 Å². The first kappa shape index (κ1) is 18.6. The zero-order valence-corrected chi connectivity index (χ0v) is 15.6. The van der Waals surface area contributed by atoms with Gasteiger partial charge in [0.25, 0.3) is 0 Å². The van der Waals surface area contributed by atoms with Crippen molar-refractivity contribution in [2.75, 3.05) is 11.1 Å². The lowest BCUT2D eigenvalue weighted by Gasteiger charge is -2.09. The Labute approximate surface area is 163 Å². The largest absolute Gasteiger partial charge is 0.323 e. The van der Waals surface area contributed by atoms with Crippen LogP contribution < -0.4 is 5.32 Å². The normalized spacial score (nSPS) is 10.6. The van der Waals surface area contributed by atoms with Crippen LogP contribution in [0.3, 0.4) is 0 Å². The molecule has 1 amide bonds. The summed E-state index contributed by atoms with van der Waals surface area (Å²) in [6.45, 7) is 0. The lowest BCUT2D eigenvalue weighted by atomic mass is 10.1. The minimum Gasteiger partial charge on any atom is -0.323 e. The molecule has 0 fully saturated rings. The van der Waals surface area contributed by atoms with Gasteiger partial charge in [0.05, 0.1) is 27.2 Å². The first-order chi connectivity index (χ1) is 12.5. The van der Waals surface area contributed by atoms with Crippen LogP contribution in [0.2, 0.25) is 10.0 Å². The van der Waals surface area contributed by atoms with E-state index in [4.69, 9.17) is 23.2 Å². The maximum atomic E-state index is 13.0. The molecule has 0 bridgehead atoms. The van der Waals surface area contributed by atoms with Gasteiger partial charge >= 0.3 is 0 Å². The van der Waals surface area contributed by atoms with E-state index in [1.807, 2.05) is 0 Å². The van der Waals surface area contributed by atoms with Gasteiger partial charge in [-0.2, -0.15) is 0 Å². The number of nitrogens with one attached hydrogen (secondary N) is 1. The first-order valence-electron chi connectivity index (χ1n) is 7.48. The van der Waals surface area contributed by atoms with Crippen LogP contribution in [0.1, 0.15) is 0 Å². The predicted molar refractivity (Wildman–Crippen MR) is 103 cm³/mol. The number of para-hydroxylation sites is 1. The SMILES string of the molecule is O=C(CSc1nccc(-c2ccc(F)cc2)n1)Nc1c(Cl)cccc1Cl. The fourth-order valence-electron chi connectivity index (χ4n) is 2.11. The van der Waals surface area contributed by atoms with E-state index < -0.39 is 0 Å².